The SMILES string of the molecule is Nc1ccccc1NC(=O)/C=C/c1ccc(CNC23CC4CC(CC(O)(C4)C2)C3)cc1. The first-order chi connectivity index (χ1) is 14.9. The van der Waals surface area contributed by atoms with Gasteiger partial charge in [0.25, 0.3) is 0 Å². The lowest BCUT2D eigenvalue weighted by atomic mass is 9.51. The first-order valence-corrected chi connectivity index (χ1v) is 11.3. The van der Waals surface area contributed by atoms with Crippen molar-refractivity contribution in [3.8, 4) is 0 Å². The average Bonchev–Trinajstić information content (AvgIpc) is 2.71. The Labute approximate surface area is 183 Å². The Balaban J connectivity index is 1.17. The highest BCUT2D eigenvalue weighted by molar-refractivity contribution is 6.03. The Bertz CT molecular complexity index is 984. The van der Waals surface area contributed by atoms with Gasteiger partial charge in [0.05, 0.1) is 17.0 Å². The number of rotatable bonds is 6. The van der Waals surface area contributed by atoms with Crippen molar-refractivity contribution < 1.29 is 9.90 Å². The van der Waals surface area contributed by atoms with Gasteiger partial charge in [-0.05, 0) is 79.7 Å². The van der Waals surface area contributed by atoms with Crippen LogP contribution in [0.5, 0.6) is 0 Å². The number of para-hydroxylation sites is 2. The van der Waals surface area contributed by atoms with Crippen LogP contribution in [0.15, 0.2) is 54.6 Å². The Morgan fingerprint density at radius 1 is 1.06 bits per heavy atom. The Kier molecular flexibility index (Phi) is 5.11. The van der Waals surface area contributed by atoms with Gasteiger partial charge < -0.3 is 21.5 Å². The van der Waals surface area contributed by atoms with Crippen LogP contribution < -0.4 is 16.4 Å². The normalized spacial score (nSPS) is 31.3. The van der Waals surface area contributed by atoms with Gasteiger partial charge in [0.1, 0.15) is 0 Å². The summed E-state index contributed by atoms with van der Waals surface area (Å²) in [5.74, 6) is 1.16. The predicted molar refractivity (Wildman–Crippen MR) is 124 cm³/mol. The van der Waals surface area contributed by atoms with Gasteiger partial charge in [-0.25, -0.2) is 0 Å². The molecule has 2 aromatic carbocycles. The molecule has 1 amide bonds. The molecule has 0 saturated heterocycles. The standard InChI is InChI=1S/C26H31N3O2/c27-22-3-1-2-4-23(22)29-24(30)10-9-18-5-7-19(8-6-18)16-28-25-12-20-11-21(13-25)15-26(31,14-20)17-25/h1-10,20-21,28,31H,11-17,27H2,(H,29,30)/b10-9+. The molecule has 0 spiro atoms. The highest BCUT2D eigenvalue weighted by Gasteiger charge is 2.56. The molecule has 4 bridgehead atoms. The number of nitrogens with two attached hydrogens (primary N) is 1. The summed E-state index contributed by atoms with van der Waals surface area (Å²) in [6, 6.07) is 15.5. The molecule has 4 fully saturated rings. The Morgan fingerprint density at radius 3 is 2.45 bits per heavy atom. The molecule has 2 unspecified atom stereocenters. The fourth-order valence-electron chi connectivity index (χ4n) is 6.41. The zero-order valence-corrected chi connectivity index (χ0v) is 17.8. The van der Waals surface area contributed by atoms with E-state index < -0.39 is 5.60 Å². The van der Waals surface area contributed by atoms with Gasteiger partial charge in [-0.3, -0.25) is 4.79 Å². The molecule has 4 saturated carbocycles. The second-order valence-electron chi connectivity index (χ2n) is 9.97. The zero-order chi connectivity index (χ0) is 21.5. The van der Waals surface area contributed by atoms with E-state index >= 15 is 0 Å². The topological polar surface area (TPSA) is 87.4 Å². The van der Waals surface area contributed by atoms with Crippen LogP contribution in [-0.4, -0.2) is 22.2 Å². The summed E-state index contributed by atoms with van der Waals surface area (Å²) < 4.78 is 0. The lowest BCUT2D eigenvalue weighted by Crippen LogP contribution is -2.64. The number of benzene rings is 2. The molecule has 4 aliphatic carbocycles. The summed E-state index contributed by atoms with van der Waals surface area (Å²) in [6.07, 6.45) is 9.93. The van der Waals surface area contributed by atoms with Crippen LogP contribution in [0.25, 0.3) is 6.08 Å². The maximum absolute atomic E-state index is 12.2. The summed E-state index contributed by atoms with van der Waals surface area (Å²) >= 11 is 0. The van der Waals surface area contributed by atoms with Crippen molar-refractivity contribution in [2.24, 2.45) is 11.8 Å². The second-order valence-corrected chi connectivity index (χ2v) is 9.97. The van der Waals surface area contributed by atoms with Crippen molar-refractivity contribution in [2.45, 2.75) is 56.2 Å². The van der Waals surface area contributed by atoms with Crippen LogP contribution in [0.4, 0.5) is 11.4 Å². The van der Waals surface area contributed by atoms with Crippen LogP contribution in [0.3, 0.4) is 0 Å². The van der Waals surface area contributed by atoms with Crippen molar-refractivity contribution in [2.75, 3.05) is 11.1 Å². The number of carbonyl (C=O) groups is 1. The Morgan fingerprint density at radius 2 is 1.77 bits per heavy atom. The first kappa shape index (κ1) is 20.3. The molecular weight excluding hydrogens is 386 g/mol. The van der Waals surface area contributed by atoms with E-state index in [1.54, 1.807) is 18.2 Å². The fourth-order valence-corrected chi connectivity index (χ4v) is 6.41. The molecule has 162 valence electrons. The molecule has 2 aromatic rings. The number of anilines is 2. The van der Waals surface area contributed by atoms with Crippen molar-refractivity contribution in [3.63, 3.8) is 0 Å². The van der Waals surface area contributed by atoms with Gasteiger partial charge in [0.2, 0.25) is 5.91 Å². The van der Waals surface area contributed by atoms with Gasteiger partial charge in [-0.2, -0.15) is 0 Å². The maximum atomic E-state index is 12.2. The molecule has 6 rings (SSSR count). The number of carbonyl (C=O) groups excluding carboxylic acids is 1. The highest BCUT2D eigenvalue weighted by atomic mass is 16.3. The van der Waals surface area contributed by atoms with Gasteiger partial charge in [0, 0.05) is 18.2 Å². The minimum absolute atomic E-state index is 0.106. The quantitative estimate of drug-likeness (QED) is 0.421. The summed E-state index contributed by atoms with van der Waals surface area (Å²) in [6.45, 7) is 0.813. The molecule has 0 aromatic heterocycles. The van der Waals surface area contributed by atoms with E-state index in [-0.39, 0.29) is 11.4 Å². The summed E-state index contributed by atoms with van der Waals surface area (Å²) in [5.41, 5.74) is 8.90. The van der Waals surface area contributed by atoms with Crippen molar-refractivity contribution in [3.05, 3.63) is 65.7 Å². The minimum atomic E-state index is -0.434. The largest absolute Gasteiger partial charge is 0.397 e. The summed E-state index contributed by atoms with van der Waals surface area (Å²) in [5, 5.41) is 17.5. The molecule has 0 aliphatic heterocycles. The molecular formula is C26H31N3O2. The highest BCUT2D eigenvalue weighted by Crippen LogP contribution is 2.57. The lowest BCUT2D eigenvalue weighted by molar-refractivity contribution is -0.142. The third-order valence-electron chi connectivity index (χ3n) is 7.32. The van der Waals surface area contributed by atoms with Gasteiger partial charge in [-0.1, -0.05) is 36.4 Å². The number of nitrogen functional groups attached to an aromatic ring is 1. The van der Waals surface area contributed by atoms with Crippen LogP contribution in [-0.2, 0) is 11.3 Å². The van der Waals surface area contributed by atoms with Gasteiger partial charge in [-0.15, -0.1) is 0 Å². The molecule has 4 aliphatic rings. The molecule has 31 heavy (non-hydrogen) atoms. The number of hydrogen-bond acceptors (Lipinski definition) is 4. The molecule has 5 N–H and O–H groups in total. The van der Waals surface area contributed by atoms with Gasteiger partial charge in [0.15, 0.2) is 0 Å². The minimum Gasteiger partial charge on any atom is -0.397 e. The van der Waals surface area contributed by atoms with Crippen molar-refractivity contribution >= 4 is 23.4 Å². The number of amides is 1. The van der Waals surface area contributed by atoms with E-state index in [0.29, 0.717) is 23.2 Å². The molecule has 5 nitrogen and oxygen atoms in total. The lowest BCUT2D eigenvalue weighted by Gasteiger charge is -2.60. The molecule has 2 atom stereocenters. The predicted octanol–water partition coefficient (Wildman–Crippen LogP) is 4.09. The molecule has 0 heterocycles. The zero-order valence-electron chi connectivity index (χ0n) is 17.8. The van der Waals surface area contributed by atoms with Crippen LogP contribution in [0.1, 0.15) is 49.7 Å². The van der Waals surface area contributed by atoms with Crippen LogP contribution in [0, 0.1) is 11.8 Å². The number of aliphatic hydroxyl groups is 1. The number of hydrogen-bond donors (Lipinski definition) is 4. The summed E-state index contributed by atoms with van der Waals surface area (Å²) in [7, 11) is 0. The van der Waals surface area contributed by atoms with E-state index in [1.807, 2.05) is 24.3 Å². The van der Waals surface area contributed by atoms with Crippen LogP contribution in [0.2, 0.25) is 0 Å². The van der Waals surface area contributed by atoms with E-state index in [0.717, 1.165) is 31.4 Å². The third-order valence-corrected chi connectivity index (χ3v) is 7.32. The first-order valence-electron chi connectivity index (χ1n) is 11.3. The average molecular weight is 418 g/mol. The van der Waals surface area contributed by atoms with E-state index in [4.69, 9.17) is 5.73 Å². The van der Waals surface area contributed by atoms with Crippen molar-refractivity contribution in [1.29, 1.82) is 0 Å². The van der Waals surface area contributed by atoms with Gasteiger partial charge >= 0.3 is 0 Å². The summed E-state index contributed by atoms with van der Waals surface area (Å²) in [4.78, 5) is 12.2. The smallest absolute Gasteiger partial charge is 0.248 e. The molecule has 5 heteroatoms. The third kappa shape index (κ3) is 4.39. The number of nitrogens with one attached hydrogen (secondary N) is 2. The van der Waals surface area contributed by atoms with E-state index in [9.17, 15) is 9.90 Å². The fraction of sp³-hybridized carbons (Fsp3) is 0.423. The maximum Gasteiger partial charge on any atom is 0.248 e. The second kappa shape index (κ2) is 7.81. The molecule has 0 radical (unpaired) electrons. The monoisotopic (exact) mass is 417 g/mol. The van der Waals surface area contributed by atoms with Crippen LogP contribution >= 0.6 is 0 Å². The van der Waals surface area contributed by atoms with E-state index in [1.165, 1.54) is 30.9 Å². The van der Waals surface area contributed by atoms with Crippen molar-refractivity contribution in [1.82, 2.24) is 5.32 Å². The Hall–Kier alpha value is -2.63. The van der Waals surface area contributed by atoms with E-state index in [2.05, 4.69) is 22.8 Å².